The Kier molecular flexibility index (Phi) is 5.91. The molecule has 2 amide bonds. The number of carboxylic acid groups (broad SMARTS) is 1. The van der Waals surface area contributed by atoms with Gasteiger partial charge in [-0.1, -0.05) is 13.8 Å². The Morgan fingerprint density at radius 1 is 1.33 bits per heavy atom. The standard InChI is InChI=1S/C12H23N3O3/c1-3-14(4-2)7-5-6-13-12(18)15-8-10(9-15)11(16)17/h10H,3-9H2,1-2H3,(H,13,18)(H,16,17). The van der Waals surface area contributed by atoms with E-state index < -0.39 is 5.97 Å². The monoisotopic (exact) mass is 257 g/mol. The molecule has 1 aliphatic heterocycles. The van der Waals surface area contributed by atoms with Crippen LogP contribution in [0.15, 0.2) is 0 Å². The van der Waals surface area contributed by atoms with E-state index >= 15 is 0 Å². The second-order valence-electron chi connectivity index (χ2n) is 4.55. The number of rotatable bonds is 7. The van der Waals surface area contributed by atoms with Crippen molar-refractivity contribution in [3.05, 3.63) is 0 Å². The topological polar surface area (TPSA) is 72.9 Å². The molecule has 2 N–H and O–H groups in total. The molecule has 1 rings (SSSR count). The number of amides is 2. The Morgan fingerprint density at radius 3 is 2.44 bits per heavy atom. The molecule has 1 fully saturated rings. The van der Waals surface area contributed by atoms with Crippen molar-refractivity contribution in [1.82, 2.24) is 15.1 Å². The van der Waals surface area contributed by atoms with E-state index in [1.807, 2.05) is 0 Å². The number of carbonyl (C=O) groups excluding carboxylic acids is 1. The van der Waals surface area contributed by atoms with Crippen molar-refractivity contribution in [2.45, 2.75) is 20.3 Å². The number of likely N-dealkylation sites (tertiary alicyclic amines) is 1. The van der Waals surface area contributed by atoms with Crippen LogP contribution in [0.25, 0.3) is 0 Å². The minimum Gasteiger partial charge on any atom is -0.481 e. The van der Waals surface area contributed by atoms with E-state index in [0.29, 0.717) is 19.6 Å². The number of nitrogens with zero attached hydrogens (tertiary/aromatic N) is 2. The summed E-state index contributed by atoms with van der Waals surface area (Å²) < 4.78 is 0. The van der Waals surface area contributed by atoms with Gasteiger partial charge in [-0.25, -0.2) is 4.79 Å². The lowest BCUT2D eigenvalue weighted by molar-refractivity contribution is -0.146. The van der Waals surface area contributed by atoms with Crippen LogP contribution < -0.4 is 5.32 Å². The molecule has 0 aromatic heterocycles. The van der Waals surface area contributed by atoms with Crippen molar-refractivity contribution < 1.29 is 14.7 Å². The third-order valence-corrected chi connectivity index (χ3v) is 3.34. The van der Waals surface area contributed by atoms with Crippen molar-refractivity contribution in [3.63, 3.8) is 0 Å². The molecule has 0 aliphatic carbocycles. The first-order chi connectivity index (χ1) is 8.58. The molecule has 1 heterocycles. The van der Waals surface area contributed by atoms with Crippen molar-refractivity contribution in [3.8, 4) is 0 Å². The van der Waals surface area contributed by atoms with Gasteiger partial charge in [-0.2, -0.15) is 0 Å². The molecule has 0 aromatic rings. The summed E-state index contributed by atoms with van der Waals surface area (Å²) in [6.07, 6.45) is 0.920. The molecule has 104 valence electrons. The Balaban J connectivity index is 2.06. The van der Waals surface area contributed by atoms with Crippen LogP contribution in [0, 0.1) is 5.92 Å². The van der Waals surface area contributed by atoms with E-state index in [1.54, 1.807) is 0 Å². The van der Waals surface area contributed by atoms with Gasteiger partial charge in [-0.05, 0) is 26.1 Å². The highest BCUT2D eigenvalue weighted by Crippen LogP contribution is 2.14. The van der Waals surface area contributed by atoms with Gasteiger partial charge in [-0.15, -0.1) is 0 Å². The van der Waals surface area contributed by atoms with Crippen LogP contribution in [-0.2, 0) is 4.79 Å². The number of hydrogen-bond donors (Lipinski definition) is 2. The predicted molar refractivity (Wildman–Crippen MR) is 68.5 cm³/mol. The lowest BCUT2D eigenvalue weighted by Gasteiger charge is -2.36. The molecule has 0 aromatic carbocycles. The van der Waals surface area contributed by atoms with Gasteiger partial charge in [0.1, 0.15) is 0 Å². The summed E-state index contributed by atoms with van der Waals surface area (Å²) in [6.45, 7) is 8.57. The zero-order chi connectivity index (χ0) is 13.5. The quantitative estimate of drug-likeness (QED) is 0.649. The summed E-state index contributed by atoms with van der Waals surface area (Å²) in [7, 11) is 0. The second kappa shape index (κ2) is 7.20. The molecule has 1 aliphatic rings. The van der Waals surface area contributed by atoms with Gasteiger partial charge < -0.3 is 20.2 Å². The first-order valence-electron chi connectivity index (χ1n) is 6.56. The zero-order valence-corrected chi connectivity index (χ0v) is 11.2. The third-order valence-electron chi connectivity index (χ3n) is 3.34. The molecule has 0 bridgehead atoms. The first kappa shape index (κ1) is 14.8. The fourth-order valence-corrected chi connectivity index (χ4v) is 1.95. The minimum atomic E-state index is -0.819. The van der Waals surface area contributed by atoms with Gasteiger partial charge in [0.15, 0.2) is 0 Å². The molecule has 0 saturated carbocycles. The third kappa shape index (κ3) is 4.18. The number of hydrogen-bond acceptors (Lipinski definition) is 3. The highest BCUT2D eigenvalue weighted by atomic mass is 16.4. The van der Waals surface area contributed by atoms with Gasteiger partial charge in [0.05, 0.1) is 5.92 Å². The largest absolute Gasteiger partial charge is 0.481 e. The summed E-state index contributed by atoms with van der Waals surface area (Å²) in [6, 6.07) is -0.146. The zero-order valence-electron chi connectivity index (χ0n) is 11.2. The van der Waals surface area contributed by atoms with Crippen molar-refractivity contribution in [1.29, 1.82) is 0 Å². The number of carbonyl (C=O) groups is 2. The molecule has 0 radical (unpaired) electrons. The van der Waals surface area contributed by atoms with Crippen LogP contribution in [0.4, 0.5) is 4.79 Å². The molecular formula is C12H23N3O3. The SMILES string of the molecule is CCN(CC)CCCNC(=O)N1CC(C(=O)O)C1. The van der Waals surface area contributed by atoms with Gasteiger partial charge >= 0.3 is 12.0 Å². The van der Waals surface area contributed by atoms with Crippen LogP contribution in [0.2, 0.25) is 0 Å². The van der Waals surface area contributed by atoms with E-state index in [2.05, 4.69) is 24.1 Å². The molecule has 6 nitrogen and oxygen atoms in total. The summed E-state index contributed by atoms with van der Waals surface area (Å²) in [5, 5.41) is 11.5. The minimum absolute atomic E-state index is 0.146. The maximum Gasteiger partial charge on any atom is 0.317 e. The normalized spacial score (nSPS) is 15.6. The van der Waals surface area contributed by atoms with Gasteiger partial charge in [0, 0.05) is 19.6 Å². The van der Waals surface area contributed by atoms with Crippen molar-refractivity contribution in [2.75, 3.05) is 39.3 Å². The Bertz CT molecular complexity index is 286. The number of nitrogens with one attached hydrogen (secondary N) is 1. The molecule has 1 saturated heterocycles. The maximum atomic E-state index is 11.6. The lowest BCUT2D eigenvalue weighted by atomic mass is 10.0. The van der Waals surface area contributed by atoms with Crippen molar-refractivity contribution in [2.24, 2.45) is 5.92 Å². The van der Waals surface area contributed by atoms with Gasteiger partial charge in [-0.3, -0.25) is 4.79 Å². The van der Waals surface area contributed by atoms with E-state index in [0.717, 1.165) is 26.1 Å². The summed E-state index contributed by atoms with van der Waals surface area (Å²) in [5.74, 6) is -1.20. The van der Waals surface area contributed by atoms with Crippen LogP contribution in [0.5, 0.6) is 0 Å². The summed E-state index contributed by atoms with van der Waals surface area (Å²) in [5.41, 5.74) is 0. The van der Waals surface area contributed by atoms with E-state index in [4.69, 9.17) is 5.11 Å². The highest BCUT2D eigenvalue weighted by Gasteiger charge is 2.35. The van der Waals surface area contributed by atoms with E-state index in [1.165, 1.54) is 4.90 Å². The van der Waals surface area contributed by atoms with Crippen LogP contribution in [0.3, 0.4) is 0 Å². The molecular weight excluding hydrogens is 234 g/mol. The molecule has 18 heavy (non-hydrogen) atoms. The molecule has 0 unspecified atom stereocenters. The Morgan fingerprint density at radius 2 is 1.94 bits per heavy atom. The van der Waals surface area contributed by atoms with E-state index in [-0.39, 0.29) is 11.9 Å². The van der Waals surface area contributed by atoms with Crippen LogP contribution in [-0.4, -0.2) is 66.2 Å². The van der Waals surface area contributed by atoms with Crippen molar-refractivity contribution >= 4 is 12.0 Å². The van der Waals surface area contributed by atoms with Crippen LogP contribution >= 0.6 is 0 Å². The fraction of sp³-hybridized carbons (Fsp3) is 0.833. The average molecular weight is 257 g/mol. The fourth-order valence-electron chi connectivity index (χ4n) is 1.95. The summed E-state index contributed by atoms with van der Waals surface area (Å²) >= 11 is 0. The highest BCUT2D eigenvalue weighted by molar-refractivity contribution is 5.79. The first-order valence-corrected chi connectivity index (χ1v) is 6.56. The van der Waals surface area contributed by atoms with Crippen LogP contribution in [0.1, 0.15) is 20.3 Å². The average Bonchev–Trinajstić information content (AvgIpc) is 2.26. The number of urea groups is 1. The Labute approximate surface area is 108 Å². The lowest BCUT2D eigenvalue weighted by Crippen LogP contribution is -2.56. The van der Waals surface area contributed by atoms with Gasteiger partial charge in [0.2, 0.25) is 0 Å². The van der Waals surface area contributed by atoms with E-state index in [9.17, 15) is 9.59 Å². The molecule has 6 heteroatoms. The predicted octanol–water partition coefficient (Wildman–Crippen LogP) is 0.444. The Hall–Kier alpha value is -1.30. The number of aliphatic carboxylic acids is 1. The molecule has 0 atom stereocenters. The summed E-state index contributed by atoms with van der Waals surface area (Å²) in [4.78, 5) is 26.0. The van der Waals surface area contributed by atoms with Gasteiger partial charge in [0.25, 0.3) is 0 Å². The smallest absolute Gasteiger partial charge is 0.317 e. The number of carboxylic acids is 1. The maximum absolute atomic E-state index is 11.6. The molecule has 0 spiro atoms. The second-order valence-corrected chi connectivity index (χ2v) is 4.55.